The minimum atomic E-state index is -0.359. The first kappa shape index (κ1) is 18.3. The Morgan fingerprint density at radius 1 is 1.23 bits per heavy atom. The maximum atomic E-state index is 12.4. The predicted octanol–water partition coefficient (Wildman–Crippen LogP) is 3.04. The molecule has 1 heterocycles. The Morgan fingerprint density at radius 3 is 2.73 bits per heavy atom. The van der Waals surface area contributed by atoms with Gasteiger partial charge in [-0.15, -0.1) is 0 Å². The molecular weight excluding hydrogens is 354 g/mol. The van der Waals surface area contributed by atoms with Crippen LogP contribution in [0.15, 0.2) is 42.5 Å². The largest absolute Gasteiger partial charge is 0.492 e. The molecule has 3 rings (SSSR count). The van der Waals surface area contributed by atoms with E-state index in [9.17, 15) is 9.59 Å². The zero-order valence-corrected chi connectivity index (χ0v) is 15.2. The van der Waals surface area contributed by atoms with Crippen LogP contribution in [0.25, 0.3) is 0 Å². The molecule has 5 nitrogen and oxygen atoms in total. The maximum Gasteiger partial charge on any atom is 0.337 e. The molecule has 0 spiro atoms. The molecule has 0 radical (unpaired) electrons. The lowest BCUT2D eigenvalue weighted by molar-refractivity contribution is -0.126. The Morgan fingerprint density at radius 2 is 2.00 bits per heavy atom. The van der Waals surface area contributed by atoms with Gasteiger partial charge in [0, 0.05) is 11.6 Å². The quantitative estimate of drug-likeness (QED) is 0.818. The molecule has 0 saturated heterocycles. The number of esters is 1. The van der Waals surface area contributed by atoms with Gasteiger partial charge in [-0.2, -0.15) is 0 Å². The van der Waals surface area contributed by atoms with Crippen LogP contribution in [-0.2, 0) is 22.4 Å². The highest BCUT2D eigenvalue weighted by Crippen LogP contribution is 2.29. The van der Waals surface area contributed by atoms with Gasteiger partial charge in [0.25, 0.3) is 0 Å². The van der Waals surface area contributed by atoms with Crippen LogP contribution in [0, 0.1) is 5.92 Å². The van der Waals surface area contributed by atoms with Gasteiger partial charge < -0.3 is 14.8 Å². The molecule has 1 N–H and O–H groups in total. The third-order valence-electron chi connectivity index (χ3n) is 4.39. The highest BCUT2D eigenvalue weighted by atomic mass is 35.5. The number of halogens is 1. The van der Waals surface area contributed by atoms with Crippen LogP contribution in [0.5, 0.6) is 5.75 Å². The fourth-order valence-corrected chi connectivity index (χ4v) is 3.13. The van der Waals surface area contributed by atoms with Crippen LogP contribution in [0.3, 0.4) is 0 Å². The van der Waals surface area contributed by atoms with E-state index < -0.39 is 0 Å². The zero-order chi connectivity index (χ0) is 18.5. The van der Waals surface area contributed by atoms with Gasteiger partial charge in [-0.05, 0) is 54.3 Å². The van der Waals surface area contributed by atoms with Crippen molar-refractivity contribution >= 4 is 23.5 Å². The van der Waals surface area contributed by atoms with E-state index in [1.165, 1.54) is 7.11 Å². The third kappa shape index (κ3) is 4.35. The standard InChI is InChI=1S/C20H20ClNO4/c1-25-20(24)14-4-2-13(3-5-14)8-9-22-19(23)16-10-15-11-17(21)6-7-18(15)26-12-16/h2-7,11,16H,8-10,12H2,1H3,(H,22,23)/t16-/m0/s1. The normalized spacial score (nSPS) is 15.5. The SMILES string of the molecule is COC(=O)c1ccc(CCNC(=O)[C@@H]2COc3ccc(Cl)cc3C2)cc1. The first-order chi connectivity index (χ1) is 12.6. The van der Waals surface area contributed by atoms with Crippen molar-refractivity contribution in [2.45, 2.75) is 12.8 Å². The highest BCUT2D eigenvalue weighted by molar-refractivity contribution is 6.30. The van der Waals surface area contributed by atoms with Crippen LogP contribution >= 0.6 is 11.6 Å². The fraction of sp³-hybridized carbons (Fsp3) is 0.300. The number of methoxy groups -OCH3 is 1. The summed E-state index contributed by atoms with van der Waals surface area (Å²) in [6.45, 7) is 0.892. The summed E-state index contributed by atoms with van der Waals surface area (Å²) in [7, 11) is 1.35. The second-order valence-electron chi connectivity index (χ2n) is 6.19. The molecule has 2 aromatic carbocycles. The Labute approximate surface area is 157 Å². The maximum absolute atomic E-state index is 12.4. The molecule has 0 saturated carbocycles. The van der Waals surface area contributed by atoms with E-state index in [0.29, 0.717) is 36.6 Å². The zero-order valence-electron chi connectivity index (χ0n) is 14.5. The summed E-state index contributed by atoms with van der Waals surface area (Å²) in [5.41, 5.74) is 2.51. The molecule has 0 aliphatic carbocycles. The van der Waals surface area contributed by atoms with Gasteiger partial charge in [-0.25, -0.2) is 4.79 Å². The third-order valence-corrected chi connectivity index (χ3v) is 4.62. The first-order valence-electron chi connectivity index (χ1n) is 8.43. The van der Waals surface area contributed by atoms with E-state index in [0.717, 1.165) is 16.9 Å². The minimum absolute atomic E-state index is 0.0261. The molecule has 0 fully saturated rings. The molecule has 1 aliphatic rings. The molecule has 1 aliphatic heterocycles. The summed E-state index contributed by atoms with van der Waals surface area (Å²) < 4.78 is 10.3. The van der Waals surface area contributed by atoms with Crippen molar-refractivity contribution in [3.63, 3.8) is 0 Å². The van der Waals surface area contributed by atoms with Gasteiger partial charge in [-0.3, -0.25) is 4.79 Å². The monoisotopic (exact) mass is 373 g/mol. The Balaban J connectivity index is 1.49. The Hall–Kier alpha value is -2.53. The first-order valence-corrected chi connectivity index (χ1v) is 8.81. The highest BCUT2D eigenvalue weighted by Gasteiger charge is 2.25. The van der Waals surface area contributed by atoms with Gasteiger partial charge in [0.2, 0.25) is 5.91 Å². The summed E-state index contributed by atoms with van der Waals surface area (Å²) >= 11 is 6.01. The number of fused-ring (bicyclic) bond motifs is 1. The summed E-state index contributed by atoms with van der Waals surface area (Å²) in [6, 6.07) is 12.6. The molecule has 2 aromatic rings. The molecule has 1 amide bonds. The lowest BCUT2D eigenvalue weighted by Crippen LogP contribution is -2.38. The van der Waals surface area contributed by atoms with Crippen LogP contribution in [0.1, 0.15) is 21.5 Å². The molecule has 26 heavy (non-hydrogen) atoms. The number of rotatable bonds is 5. The number of carbonyl (C=O) groups is 2. The molecule has 0 unspecified atom stereocenters. The summed E-state index contributed by atoms with van der Waals surface area (Å²) in [5.74, 6) is 0.191. The number of nitrogens with one attached hydrogen (secondary N) is 1. The van der Waals surface area contributed by atoms with Crippen molar-refractivity contribution in [1.82, 2.24) is 5.32 Å². The van der Waals surface area contributed by atoms with Crippen molar-refractivity contribution < 1.29 is 19.1 Å². The smallest absolute Gasteiger partial charge is 0.337 e. The Kier molecular flexibility index (Phi) is 5.78. The molecular formula is C20H20ClNO4. The van der Waals surface area contributed by atoms with Crippen LogP contribution in [-0.4, -0.2) is 32.1 Å². The van der Waals surface area contributed by atoms with Gasteiger partial charge in [0.05, 0.1) is 18.6 Å². The molecule has 0 aromatic heterocycles. The van der Waals surface area contributed by atoms with Gasteiger partial charge in [0.1, 0.15) is 12.4 Å². The van der Waals surface area contributed by atoms with E-state index in [1.54, 1.807) is 18.2 Å². The average Bonchev–Trinajstić information content (AvgIpc) is 2.67. The number of ether oxygens (including phenoxy) is 2. The van der Waals surface area contributed by atoms with Gasteiger partial charge in [-0.1, -0.05) is 23.7 Å². The van der Waals surface area contributed by atoms with Crippen molar-refractivity contribution in [3.05, 3.63) is 64.2 Å². The average molecular weight is 374 g/mol. The van der Waals surface area contributed by atoms with Crippen molar-refractivity contribution in [3.8, 4) is 5.75 Å². The second kappa shape index (κ2) is 8.23. The minimum Gasteiger partial charge on any atom is -0.492 e. The lowest BCUT2D eigenvalue weighted by atomic mass is 9.96. The second-order valence-corrected chi connectivity index (χ2v) is 6.63. The number of hydrogen-bond acceptors (Lipinski definition) is 4. The van der Waals surface area contributed by atoms with Crippen LogP contribution < -0.4 is 10.1 Å². The summed E-state index contributed by atoms with van der Waals surface area (Å²) in [4.78, 5) is 23.8. The molecule has 136 valence electrons. The predicted molar refractivity (Wildman–Crippen MR) is 98.6 cm³/mol. The van der Waals surface area contributed by atoms with E-state index in [2.05, 4.69) is 10.1 Å². The number of benzene rings is 2. The summed E-state index contributed by atoms with van der Waals surface area (Å²) in [5, 5.41) is 3.59. The van der Waals surface area contributed by atoms with Crippen molar-refractivity contribution in [2.75, 3.05) is 20.3 Å². The topological polar surface area (TPSA) is 64.6 Å². The molecule has 6 heteroatoms. The van der Waals surface area contributed by atoms with Crippen molar-refractivity contribution in [1.29, 1.82) is 0 Å². The number of amides is 1. The summed E-state index contributed by atoms with van der Waals surface area (Å²) in [6.07, 6.45) is 1.30. The van der Waals surface area contributed by atoms with Gasteiger partial charge in [0.15, 0.2) is 0 Å². The lowest BCUT2D eigenvalue weighted by Gasteiger charge is -2.24. The Bertz CT molecular complexity index is 804. The van der Waals surface area contributed by atoms with E-state index in [-0.39, 0.29) is 17.8 Å². The van der Waals surface area contributed by atoms with E-state index >= 15 is 0 Å². The number of hydrogen-bond donors (Lipinski definition) is 1. The number of carbonyl (C=O) groups excluding carboxylic acids is 2. The van der Waals surface area contributed by atoms with Crippen molar-refractivity contribution in [2.24, 2.45) is 5.92 Å². The van der Waals surface area contributed by atoms with Crippen LogP contribution in [0.4, 0.5) is 0 Å². The van der Waals surface area contributed by atoms with Crippen LogP contribution in [0.2, 0.25) is 5.02 Å². The van der Waals surface area contributed by atoms with E-state index in [1.807, 2.05) is 24.3 Å². The molecule has 0 bridgehead atoms. The molecule has 1 atom stereocenters. The van der Waals surface area contributed by atoms with E-state index in [4.69, 9.17) is 16.3 Å². The van der Waals surface area contributed by atoms with Gasteiger partial charge >= 0.3 is 5.97 Å². The fourth-order valence-electron chi connectivity index (χ4n) is 2.93.